The molecule has 12 nitrogen and oxygen atoms in total. The van der Waals surface area contributed by atoms with Crippen LogP contribution in [0.2, 0.25) is 5.02 Å². The summed E-state index contributed by atoms with van der Waals surface area (Å²) in [5, 5.41) is 11.3. The molecule has 1 heterocycles. The summed E-state index contributed by atoms with van der Waals surface area (Å²) < 4.78 is 52.9. The van der Waals surface area contributed by atoms with Crippen molar-refractivity contribution >= 4 is 45.4 Å². The van der Waals surface area contributed by atoms with Gasteiger partial charge >= 0.3 is 6.03 Å². The number of likely N-dealkylation sites (tertiary alicyclic amines) is 1. The lowest BCUT2D eigenvalue weighted by Crippen LogP contribution is -2.62. The van der Waals surface area contributed by atoms with Crippen LogP contribution in [0.3, 0.4) is 0 Å². The molecule has 51 heavy (non-hydrogen) atoms. The molecule has 2 fully saturated rings. The molecule has 1 aromatic carbocycles. The highest BCUT2D eigenvalue weighted by Crippen LogP contribution is 2.65. The Kier molecular flexibility index (Phi) is 12.9. The fraction of sp³-hybridized carbons (Fsp3) is 0.714. The van der Waals surface area contributed by atoms with Crippen molar-refractivity contribution in [3.8, 4) is 0 Å². The van der Waals surface area contributed by atoms with Crippen molar-refractivity contribution < 1.29 is 36.4 Å². The van der Waals surface area contributed by atoms with Crippen LogP contribution in [0, 0.1) is 28.1 Å². The number of benzene rings is 1. The zero-order valence-corrected chi connectivity index (χ0v) is 33.0. The standard InChI is InChI=1S/C35H55ClF2N6O6S/c1-19(20-12-14-21(36)15-13-20)39-29(45)23(16-25(37)38)40-30(46)27-26-22(35(26,8)9)17-44(27)31(47)28(34(5,6)7)42-32(48)41-24(33(2,3)4)18-43(10)51(11,49)50/h12-15,19,22-28H,16-18H2,1-11H3,(H,39,45)(H,40,46)(H2,41,42,48)/t19?,22-,23-,24+,26-,27-,28+/m0/s1. The van der Waals surface area contributed by atoms with Crippen molar-refractivity contribution in [3.63, 3.8) is 0 Å². The number of sulfonamides is 1. The zero-order valence-electron chi connectivity index (χ0n) is 31.4. The quantitative estimate of drug-likeness (QED) is 0.237. The Morgan fingerprint density at radius 3 is 2.04 bits per heavy atom. The maximum atomic E-state index is 14.3. The second-order valence-corrected chi connectivity index (χ2v) is 19.3. The number of nitrogens with zero attached hydrogens (tertiary/aromatic N) is 2. The molecule has 1 saturated heterocycles. The maximum Gasteiger partial charge on any atom is 0.315 e. The molecule has 5 amide bonds. The van der Waals surface area contributed by atoms with E-state index in [1.165, 1.54) is 11.9 Å². The van der Waals surface area contributed by atoms with Crippen molar-refractivity contribution in [2.45, 2.75) is 105 Å². The van der Waals surface area contributed by atoms with Gasteiger partial charge in [-0.15, -0.1) is 0 Å². The summed E-state index contributed by atoms with van der Waals surface area (Å²) in [7, 11) is -2.13. The molecule has 1 aromatic rings. The first-order valence-electron chi connectivity index (χ1n) is 17.1. The molecule has 16 heteroatoms. The van der Waals surface area contributed by atoms with Crippen LogP contribution in [-0.4, -0.2) is 98.4 Å². The normalized spacial score (nSPS) is 22.4. The average Bonchev–Trinajstić information content (AvgIpc) is 3.29. The van der Waals surface area contributed by atoms with Crippen LogP contribution in [0.15, 0.2) is 24.3 Å². The first kappa shape index (κ1) is 42.4. The van der Waals surface area contributed by atoms with Gasteiger partial charge in [0.05, 0.1) is 12.3 Å². The second kappa shape index (κ2) is 15.5. The van der Waals surface area contributed by atoms with Gasteiger partial charge in [-0.1, -0.05) is 79.1 Å². The maximum absolute atomic E-state index is 14.3. The van der Waals surface area contributed by atoms with Gasteiger partial charge < -0.3 is 26.2 Å². The smallest absolute Gasteiger partial charge is 0.315 e. The third-order valence-electron chi connectivity index (χ3n) is 10.3. The molecule has 0 radical (unpaired) electrons. The molecule has 7 atom stereocenters. The van der Waals surface area contributed by atoms with Crippen LogP contribution in [0.25, 0.3) is 0 Å². The van der Waals surface area contributed by atoms with Crippen LogP contribution in [0.1, 0.15) is 80.3 Å². The van der Waals surface area contributed by atoms with E-state index in [1.54, 1.807) is 52.0 Å². The van der Waals surface area contributed by atoms with Gasteiger partial charge in [0, 0.05) is 37.6 Å². The molecule has 1 saturated carbocycles. The molecular weight excluding hydrogens is 706 g/mol. The number of fused-ring (bicyclic) bond motifs is 1. The molecule has 1 unspecified atom stereocenters. The molecule has 0 spiro atoms. The Balaban J connectivity index is 1.84. The number of amides is 5. The fourth-order valence-corrected chi connectivity index (χ4v) is 7.25. The van der Waals surface area contributed by atoms with Gasteiger partial charge in [-0.25, -0.2) is 26.3 Å². The molecule has 1 aliphatic carbocycles. The molecule has 4 N–H and O–H groups in total. The topological polar surface area (TPSA) is 157 Å². The summed E-state index contributed by atoms with van der Waals surface area (Å²) in [5.41, 5.74) is -1.04. The van der Waals surface area contributed by atoms with Gasteiger partial charge in [-0.3, -0.25) is 14.4 Å². The van der Waals surface area contributed by atoms with E-state index in [2.05, 4.69) is 21.3 Å². The number of carbonyl (C=O) groups excluding carboxylic acids is 4. The highest BCUT2D eigenvalue weighted by Gasteiger charge is 2.70. The van der Waals surface area contributed by atoms with Crippen LogP contribution < -0.4 is 21.3 Å². The number of likely N-dealkylation sites (N-methyl/N-ethyl adjacent to an activating group) is 1. The monoisotopic (exact) mass is 760 g/mol. The lowest BCUT2D eigenvalue weighted by Gasteiger charge is -2.39. The van der Waals surface area contributed by atoms with Crippen molar-refractivity contribution in [2.75, 3.05) is 26.4 Å². The van der Waals surface area contributed by atoms with Crippen molar-refractivity contribution in [2.24, 2.45) is 28.1 Å². The molecule has 288 valence electrons. The minimum absolute atomic E-state index is 0.0114. The van der Waals surface area contributed by atoms with Crippen LogP contribution in [0.4, 0.5) is 13.6 Å². The summed E-state index contributed by atoms with van der Waals surface area (Å²) in [6.45, 7) is 16.6. The minimum atomic E-state index is -3.54. The summed E-state index contributed by atoms with van der Waals surface area (Å²) in [6, 6.07) is 1.01. The van der Waals surface area contributed by atoms with Gasteiger partial charge in [0.2, 0.25) is 34.2 Å². The molecule has 0 bridgehead atoms. The van der Waals surface area contributed by atoms with Gasteiger partial charge in [0.1, 0.15) is 18.1 Å². The number of alkyl halides is 2. The third-order valence-corrected chi connectivity index (χ3v) is 11.8. The Labute approximate surface area is 306 Å². The van der Waals surface area contributed by atoms with Crippen molar-refractivity contribution in [3.05, 3.63) is 34.9 Å². The second-order valence-electron chi connectivity index (χ2n) is 16.7. The first-order chi connectivity index (χ1) is 23.2. The molecule has 2 aliphatic rings. The molecule has 3 rings (SSSR count). The Morgan fingerprint density at radius 2 is 1.55 bits per heavy atom. The molecule has 1 aliphatic heterocycles. The van der Waals surface area contributed by atoms with E-state index in [-0.39, 0.29) is 30.3 Å². The Bertz CT molecular complexity index is 1560. The first-order valence-corrected chi connectivity index (χ1v) is 19.3. The largest absolute Gasteiger partial charge is 0.348 e. The van der Waals surface area contributed by atoms with E-state index >= 15 is 0 Å². The van der Waals surface area contributed by atoms with E-state index in [9.17, 15) is 36.4 Å². The van der Waals surface area contributed by atoms with E-state index in [0.717, 1.165) is 10.6 Å². The number of hydrogen-bond acceptors (Lipinski definition) is 6. The highest BCUT2D eigenvalue weighted by molar-refractivity contribution is 7.88. The van der Waals surface area contributed by atoms with Gasteiger partial charge in [0.25, 0.3) is 0 Å². The minimum Gasteiger partial charge on any atom is -0.348 e. The molecular formula is C35H55ClF2N6O6S. The van der Waals surface area contributed by atoms with Gasteiger partial charge in [0.15, 0.2) is 0 Å². The number of carbonyl (C=O) groups is 4. The lowest BCUT2D eigenvalue weighted by molar-refractivity contribution is -0.144. The fourth-order valence-electron chi connectivity index (χ4n) is 6.70. The lowest BCUT2D eigenvalue weighted by atomic mass is 9.85. The number of piperidine rings is 1. The van der Waals surface area contributed by atoms with Crippen molar-refractivity contribution in [1.82, 2.24) is 30.5 Å². The SMILES string of the molecule is CC(NC(=O)[C@H](CC(F)F)NC(=O)[C@@H]1[C@@H]2[C@H](CN1C(=O)[C@@H](NC(=O)N[C@H](CN(C)S(C)(=O)=O)C(C)(C)C)C(C)(C)C)C2(C)C)c1ccc(Cl)cc1. The predicted molar refractivity (Wildman–Crippen MR) is 192 cm³/mol. The highest BCUT2D eigenvalue weighted by atomic mass is 35.5. The number of rotatable bonds is 13. The summed E-state index contributed by atoms with van der Waals surface area (Å²) in [5.74, 6) is -2.41. The van der Waals surface area contributed by atoms with Gasteiger partial charge in [-0.05, 0) is 52.7 Å². The van der Waals surface area contributed by atoms with Gasteiger partial charge in [-0.2, -0.15) is 0 Å². The van der Waals surface area contributed by atoms with E-state index in [1.807, 2.05) is 34.6 Å². The van der Waals surface area contributed by atoms with Crippen LogP contribution in [0.5, 0.6) is 0 Å². The average molecular weight is 761 g/mol. The zero-order chi connectivity index (χ0) is 39.0. The number of hydrogen-bond donors (Lipinski definition) is 4. The summed E-state index contributed by atoms with van der Waals surface area (Å²) in [6.07, 6.45) is -2.76. The third kappa shape index (κ3) is 10.5. The van der Waals surface area contributed by atoms with Crippen LogP contribution >= 0.6 is 11.6 Å². The van der Waals surface area contributed by atoms with E-state index < -0.39 is 87.7 Å². The predicted octanol–water partition coefficient (Wildman–Crippen LogP) is 4.16. The van der Waals surface area contributed by atoms with Crippen LogP contribution in [-0.2, 0) is 24.4 Å². The molecule has 0 aromatic heterocycles. The number of nitrogens with one attached hydrogen (secondary N) is 4. The van der Waals surface area contributed by atoms with E-state index in [0.29, 0.717) is 10.6 Å². The Hall–Kier alpha value is -3.04. The summed E-state index contributed by atoms with van der Waals surface area (Å²) in [4.78, 5) is 56.5. The number of halogens is 3. The van der Waals surface area contributed by atoms with Crippen molar-refractivity contribution in [1.29, 1.82) is 0 Å². The Morgan fingerprint density at radius 1 is 0.980 bits per heavy atom. The van der Waals surface area contributed by atoms with E-state index in [4.69, 9.17) is 11.6 Å². The summed E-state index contributed by atoms with van der Waals surface area (Å²) >= 11 is 5.96. The number of urea groups is 1.